The Balaban J connectivity index is 2.14. The summed E-state index contributed by atoms with van der Waals surface area (Å²) in [6.07, 6.45) is 0. The maximum atomic E-state index is 11.3. The van der Waals surface area contributed by atoms with E-state index >= 15 is 0 Å². The molecule has 4 heteroatoms. The highest BCUT2D eigenvalue weighted by Gasteiger charge is 2.49. The van der Waals surface area contributed by atoms with Crippen molar-refractivity contribution in [1.82, 2.24) is 0 Å². The smallest absolute Gasteiger partial charge is 0.307 e. The zero-order valence-electron chi connectivity index (χ0n) is 10.1. The molecule has 1 atom stereocenters. The number of thiophene rings is 1. The molecule has 1 unspecified atom stereocenters. The first kappa shape index (κ1) is 11.7. The largest absolute Gasteiger partial charge is 0.481 e. The molecule has 1 aliphatic rings. The van der Waals surface area contributed by atoms with E-state index < -0.39 is 11.9 Å². The molecular weight excluding hydrogens is 248 g/mol. The van der Waals surface area contributed by atoms with Crippen LogP contribution in [0.1, 0.15) is 12.5 Å². The number of hydrogen-bond acceptors (Lipinski definition) is 3. The SMILES string of the molecule is CC(C(=O)O)C1(c2csc3ccccc23)COC1. The van der Waals surface area contributed by atoms with Crippen LogP contribution in [0.25, 0.3) is 10.1 Å². The minimum absolute atomic E-state index is 0.356. The number of hydrogen-bond donors (Lipinski definition) is 1. The molecule has 0 bridgehead atoms. The molecule has 3 nitrogen and oxygen atoms in total. The average molecular weight is 262 g/mol. The Kier molecular flexibility index (Phi) is 2.64. The van der Waals surface area contributed by atoms with Gasteiger partial charge in [-0.2, -0.15) is 0 Å². The van der Waals surface area contributed by atoms with E-state index in [2.05, 4.69) is 17.5 Å². The number of carbonyl (C=O) groups is 1. The number of fused-ring (bicyclic) bond motifs is 1. The predicted molar refractivity (Wildman–Crippen MR) is 71.1 cm³/mol. The van der Waals surface area contributed by atoms with Crippen LogP contribution in [-0.2, 0) is 14.9 Å². The van der Waals surface area contributed by atoms with Gasteiger partial charge in [0.2, 0.25) is 0 Å². The van der Waals surface area contributed by atoms with Crippen molar-refractivity contribution in [3.63, 3.8) is 0 Å². The van der Waals surface area contributed by atoms with Crippen LogP contribution >= 0.6 is 11.3 Å². The number of ether oxygens (including phenoxy) is 1. The van der Waals surface area contributed by atoms with E-state index in [1.807, 2.05) is 12.1 Å². The molecule has 18 heavy (non-hydrogen) atoms. The molecule has 2 heterocycles. The van der Waals surface area contributed by atoms with E-state index in [-0.39, 0.29) is 5.41 Å². The molecule has 1 aromatic heterocycles. The molecule has 0 spiro atoms. The molecule has 2 aromatic rings. The first-order chi connectivity index (χ1) is 8.65. The van der Waals surface area contributed by atoms with Crippen molar-refractivity contribution >= 4 is 27.4 Å². The monoisotopic (exact) mass is 262 g/mol. The van der Waals surface area contributed by atoms with E-state index in [1.54, 1.807) is 18.3 Å². The van der Waals surface area contributed by atoms with Crippen molar-refractivity contribution in [2.45, 2.75) is 12.3 Å². The van der Waals surface area contributed by atoms with Crippen LogP contribution < -0.4 is 0 Å². The van der Waals surface area contributed by atoms with E-state index in [0.29, 0.717) is 13.2 Å². The highest BCUT2D eigenvalue weighted by Crippen LogP contribution is 2.44. The van der Waals surface area contributed by atoms with Gasteiger partial charge in [0.1, 0.15) is 0 Å². The van der Waals surface area contributed by atoms with E-state index in [0.717, 1.165) is 5.56 Å². The lowest BCUT2D eigenvalue weighted by Gasteiger charge is -2.44. The van der Waals surface area contributed by atoms with Gasteiger partial charge in [-0.25, -0.2) is 0 Å². The summed E-state index contributed by atoms with van der Waals surface area (Å²) in [5, 5.41) is 12.6. The third kappa shape index (κ3) is 1.49. The van der Waals surface area contributed by atoms with Gasteiger partial charge in [0.15, 0.2) is 0 Å². The molecule has 0 aliphatic carbocycles. The third-order valence-corrected chi connectivity index (χ3v) is 4.90. The lowest BCUT2D eigenvalue weighted by atomic mass is 9.69. The summed E-state index contributed by atoms with van der Waals surface area (Å²) in [5.74, 6) is -1.18. The maximum absolute atomic E-state index is 11.3. The van der Waals surface area contributed by atoms with Crippen molar-refractivity contribution in [3.8, 4) is 0 Å². The summed E-state index contributed by atoms with van der Waals surface area (Å²) in [5.41, 5.74) is 0.773. The summed E-state index contributed by atoms with van der Waals surface area (Å²) >= 11 is 1.67. The third-order valence-electron chi connectivity index (χ3n) is 3.94. The van der Waals surface area contributed by atoms with Crippen LogP contribution in [0, 0.1) is 5.92 Å². The normalized spacial score (nSPS) is 19.4. The Morgan fingerprint density at radius 3 is 2.78 bits per heavy atom. The molecule has 1 N–H and O–H groups in total. The number of carboxylic acids is 1. The summed E-state index contributed by atoms with van der Waals surface area (Å²) < 4.78 is 6.53. The van der Waals surface area contributed by atoms with E-state index in [1.165, 1.54) is 10.1 Å². The highest BCUT2D eigenvalue weighted by atomic mass is 32.1. The minimum atomic E-state index is -0.756. The second-order valence-corrected chi connectivity index (χ2v) is 5.77. The van der Waals surface area contributed by atoms with Gasteiger partial charge in [-0.05, 0) is 22.4 Å². The van der Waals surface area contributed by atoms with Crippen LogP contribution in [0.2, 0.25) is 0 Å². The van der Waals surface area contributed by atoms with Crippen molar-refractivity contribution in [1.29, 1.82) is 0 Å². The molecule has 94 valence electrons. The van der Waals surface area contributed by atoms with Gasteiger partial charge >= 0.3 is 5.97 Å². The van der Waals surface area contributed by atoms with Crippen LogP contribution in [0.4, 0.5) is 0 Å². The van der Waals surface area contributed by atoms with Crippen molar-refractivity contribution in [3.05, 3.63) is 35.2 Å². The topological polar surface area (TPSA) is 46.5 Å². The Bertz CT molecular complexity index is 598. The average Bonchev–Trinajstić information content (AvgIpc) is 2.72. The van der Waals surface area contributed by atoms with E-state index in [4.69, 9.17) is 4.74 Å². The Morgan fingerprint density at radius 1 is 1.44 bits per heavy atom. The lowest BCUT2D eigenvalue weighted by Crippen LogP contribution is -2.53. The number of carboxylic acid groups (broad SMARTS) is 1. The molecule has 1 fully saturated rings. The summed E-state index contributed by atoms with van der Waals surface area (Å²) in [4.78, 5) is 11.3. The van der Waals surface area contributed by atoms with E-state index in [9.17, 15) is 9.90 Å². The molecule has 1 saturated heterocycles. The van der Waals surface area contributed by atoms with Gasteiger partial charge in [0.25, 0.3) is 0 Å². The predicted octanol–water partition coefficient (Wildman–Crippen LogP) is 2.89. The zero-order valence-corrected chi connectivity index (χ0v) is 10.9. The lowest BCUT2D eigenvalue weighted by molar-refractivity contribution is -0.155. The van der Waals surface area contributed by atoms with Gasteiger partial charge in [-0.3, -0.25) is 4.79 Å². The van der Waals surface area contributed by atoms with Crippen LogP contribution in [-0.4, -0.2) is 24.3 Å². The highest BCUT2D eigenvalue weighted by molar-refractivity contribution is 7.17. The van der Waals surface area contributed by atoms with Gasteiger partial charge in [-0.15, -0.1) is 11.3 Å². The first-order valence-corrected chi connectivity index (χ1v) is 6.80. The summed E-state index contributed by atoms with van der Waals surface area (Å²) in [7, 11) is 0. The minimum Gasteiger partial charge on any atom is -0.481 e. The van der Waals surface area contributed by atoms with Crippen LogP contribution in [0.15, 0.2) is 29.6 Å². The van der Waals surface area contributed by atoms with Gasteiger partial charge in [-0.1, -0.05) is 25.1 Å². The quantitative estimate of drug-likeness (QED) is 0.925. The van der Waals surface area contributed by atoms with Gasteiger partial charge in [0.05, 0.1) is 24.5 Å². The molecule has 1 aromatic carbocycles. The molecule has 0 radical (unpaired) electrons. The number of benzene rings is 1. The second kappa shape index (κ2) is 4.07. The fourth-order valence-corrected chi connectivity index (χ4v) is 3.63. The number of rotatable bonds is 3. The van der Waals surface area contributed by atoms with Crippen molar-refractivity contribution in [2.75, 3.05) is 13.2 Å². The summed E-state index contributed by atoms with van der Waals surface area (Å²) in [6.45, 7) is 2.78. The van der Waals surface area contributed by atoms with Gasteiger partial charge < -0.3 is 9.84 Å². The molecule has 1 aliphatic heterocycles. The molecule has 3 rings (SSSR count). The second-order valence-electron chi connectivity index (χ2n) is 4.85. The standard InChI is InChI=1S/C14H14O3S/c1-9(13(15)16)14(7-17-8-14)11-6-18-12-5-3-2-4-10(11)12/h2-6,9H,7-8H2,1H3,(H,15,16). The zero-order chi connectivity index (χ0) is 12.8. The summed E-state index contributed by atoms with van der Waals surface area (Å²) in [6, 6.07) is 8.14. The Labute approximate surface area is 109 Å². The fourth-order valence-electron chi connectivity index (χ4n) is 2.56. The first-order valence-electron chi connectivity index (χ1n) is 5.92. The molecule has 0 amide bonds. The van der Waals surface area contributed by atoms with Gasteiger partial charge in [0, 0.05) is 4.70 Å². The number of aliphatic carboxylic acids is 1. The van der Waals surface area contributed by atoms with Crippen LogP contribution in [0.3, 0.4) is 0 Å². The molecular formula is C14H14O3S. The fraction of sp³-hybridized carbons (Fsp3) is 0.357. The maximum Gasteiger partial charge on any atom is 0.307 e. The van der Waals surface area contributed by atoms with Crippen molar-refractivity contribution < 1.29 is 14.6 Å². The molecule has 0 saturated carbocycles. The Morgan fingerprint density at radius 2 is 2.17 bits per heavy atom. The van der Waals surface area contributed by atoms with Crippen LogP contribution in [0.5, 0.6) is 0 Å². The van der Waals surface area contributed by atoms with Crippen molar-refractivity contribution in [2.24, 2.45) is 5.92 Å². The Hall–Kier alpha value is -1.39.